The Morgan fingerprint density at radius 3 is 1.00 bits per heavy atom. The lowest BCUT2D eigenvalue weighted by atomic mass is 10.1. The lowest BCUT2D eigenvalue weighted by molar-refractivity contribution is 0.196. The first-order chi connectivity index (χ1) is 13.1. The quantitative estimate of drug-likeness (QED) is 0.0948. The van der Waals surface area contributed by atoms with Crippen molar-refractivity contribution in [3.63, 3.8) is 0 Å². The molecule has 2 nitrogen and oxygen atoms in total. The number of hydrogen-bond acceptors (Lipinski definition) is 2. The van der Waals surface area contributed by atoms with E-state index >= 15 is 0 Å². The van der Waals surface area contributed by atoms with Crippen molar-refractivity contribution in [2.45, 2.75) is 129 Å². The van der Waals surface area contributed by atoms with E-state index in [9.17, 15) is 0 Å². The van der Waals surface area contributed by atoms with Crippen molar-refractivity contribution in [3.05, 3.63) is 0 Å². The zero-order valence-corrected chi connectivity index (χ0v) is 20.7. The molecule has 0 spiro atoms. The van der Waals surface area contributed by atoms with Crippen molar-refractivity contribution < 1.29 is 8.85 Å². The van der Waals surface area contributed by atoms with Crippen molar-refractivity contribution in [1.29, 1.82) is 0 Å². The predicted molar refractivity (Wildman–Crippen MR) is 124 cm³/mol. The molecule has 0 fully saturated rings. The molecule has 27 heavy (non-hydrogen) atoms. The second-order valence-electron chi connectivity index (χ2n) is 7.82. The summed E-state index contributed by atoms with van der Waals surface area (Å²) < 4.78 is 11.2. The molecule has 0 saturated heterocycles. The Kier molecular flexibility index (Phi) is 22.0. The van der Waals surface area contributed by atoms with Crippen LogP contribution >= 0.6 is 22.2 Å². The Hall–Kier alpha value is 0.717. The van der Waals surface area contributed by atoms with Gasteiger partial charge in [-0.15, -0.1) is 0 Å². The van der Waals surface area contributed by atoms with Crippen molar-refractivity contribution in [1.82, 2.24) is 0 Å². The van der Waals surface area contributed by atoms with Crippen molar-refractivity contribution >= 4 is 29.3 Å². The molecule has 0 unspecified atom stereocenters. The van der Waals surface area contributed by atoms with E-state index in [1.165, 1.54) is 103 Å². The zero-order valence-electron chi connectivity index (χ0n) is 18.2. The van der Waals surface area contributed by atoms with Gasteiger partial charge in [0.15, 0.2) is 0 Å². The summed E-state index contributed by atoms with van der Waals surface area (Å²) >= 11 is 12.4. The summed E-state index contributed by atoms with van der Waals surface area (Å²) in [5.41, 5.74) is 0. The number of halogens is 2. The third-order valence-corrected chi connectivity index (χ3v) is 7.43. The van der Waals surface area contributed by atoms with E-state index in [-0.39, 0.29) is 0 Å². The predicted octanol–water partition coefficient (Wildman–Crippen LogP) is 8.99. The van der Waals surface area contributed by atoms with E-state index < -0.39 is 7.18 Å². The van der Waals surface area contributed by atoms with E-state index in [0.717, 1.165) is 12.8 Å². The van der Waals surface area contributed by atoms with Gasteiger partial charge in [0.2, 0.25) is 0 Å². The van der Waals surface area contributed by atoms with Gasteiger partial charge in [-0.3, -0.25) is 0 Å². The Labute approximate surface area is 180 Å². The van der Waals surface area contributed by atoms with Crippen LogP contribution in [0.5, 0.6) is 0 Å². The van der Waals surface area contributed by atoms with Crippen LogP contribution in [0.15, 0.2) is 0 Å². The average Bonchev–Trinajstić information content (AvgIpc) is 2.64. The summed E-state index contributed by atoms with van der Waals surface area (Å²) in [6.45, 7) is 5.79. The molecule has 0 aromatic rings. The van der Waals surface area contributed by atoms with Crippen LogP contribution in [0.25, 0.3) is 0 Å². The first-order valence-electron chi connectivity index (χ1n) is 11.8. The summed E-state index contributed by atoms with van der Waals surface area (Å²) in [6, 6.07) is 0. The molecule has 0 saturated carbocycles. The topological polar surface area (TPSA) is 18.5 Å². The third kappa shape index (κ3) is 22.9. The molecule has 0 atom stereocenters. The molecular weight excluding hydrogens is 395 g/mol. The molecule has 0 amide bonds. The molecule has 0 heterocycles. The average molecular weight is 442 g/mol. The second-order valence-corrected chi connectivity index (χ2v) is 12.9. The molecule has 0 aliphatic rings. The van der Waals surface area contributed by atoms with Crippen LogP contribution < -0.4 is 0 Å². The van der Waals surface area contributed by atoms with Gasteiger partial charge < -0.3 is 8.85 Å². The highest BCUT2D eigenvalue weighted by Gasteiger charge is 2.33. The lowest BCUT2D eigenvalue weighted by Crippen LogP contribution is -2.30. The van der Waals surface area contributed by atoms with Crippen LogP contribution in [-0.2, 0) is 8.85 Å². The van der Waals surface area contributed by atoms with Crippen LogP contribution in [0.1, 0.15) is 129 Å². The molecule has 0 rings (SSSR count). The first kappa shape index (κ1) is 27.7. The van der Waals surface area contributed by atoms with Crippen LogP contribution in [0.4, 0.5) is 0 Å². The van der Waals surface area contributed by atoms with Gasteiger partial charge in [0.1, 0.15) is 0 Å². The smallest absolute Gasteiger partial charge is 0.372 e. The maximum Gasteiger partial charge on any atom is 0.551 e. The molecular formula is C22H46Cl2O2Si. The molecule has 0 aliphatic carbocycles. The molecule has 5 heteroatoms. The summed E-state index contributed by atoms with van der Waals surface area (Å²) in [4.78, 5) is 0. The van der Waals surface area contributed by atoms with Crippen molar-refractivity contribution in [2.24, 2.45) is 0 Å². The molecule has 164 valence electrons. The van der Waals surface area contributed by atoms with E-state index in [1.54, 1.807) is 0 Å². The fourth-order valence-electron chi connectivity index (χ4n) is 3.25. The number of unbranched alkanes of at least 4 members (excludes halogenated alkanes) is 16. The first-order valence-corrected chi connectivity index (χ1v) is 15.6. The van der Waals surface area contributed by atoms with Crippen LogP contribution in [0, 0.1) is 0 Å². The third-order valence-electron chi connectivity index (χ3n) is 5.04. The van der Waals surface area contributed by atoms with Crippen LogP contribution in [0.3, 0.4) is 0 Å². The number of hydrogen-bond donors (Lipinski definition) is 0. The van der Waals surface area contributed by atoms with Gasteiger partial charge in [0.25, 0.3) is 0 Å². The van der Waals surface area contributed by atoms with Crippen LogP contribution in [-0.4, -0.2) is 20.4 Å². The fourth-order valence-corrected chi connectivity index (χ4v) is 5.02. The van der Waals surface area contributed by atoms with Crippen LogP contribution in [0.2, 0.25) is 0 Å². The molecule has 0 aromatic carbocycles. The molecule has 0 radical (unpaired) electrons. The Morgan fingerprint density at radius 1 is 0.444 bits per heavy atom. The maximum atomic E-state index is 6.22. The summed E-state index contributed by atoms with van der Waals surface area (Å²) in [7, 11) is -2.94. The van der Waals surface area contributed by atoms with Gasteiger partial charge in [-0.05, 0) is 12.8 Å². The Bertz CT molecular complexity index is 265. The van der Waals surface area contributed by atoms with E-state index in [1.807, 2.05) is 0 Å². The number of rotatable bonds is 22. The van der Waals surface area contributed by atoms with E-state index in [0.29, 0.717) is 13.2 Å². The summed E-state index contributed by atoms with van der Waals surface area (Å²) in [6.07, 6.45) is 23.4. The molecule has 0 bridgehead atoms. The largest absolute Gasteiger partial charge is 0.551 e. The highest BCUT2D eigenvalue weighted by atomic mass is 35.7. The van der Waals surface area contributed by atoms with Gasteiger partial charge in [-0.2, -0.15) is 0 Å². The highest BCUT2D eigenvalue weighted by molar-refractivity contribution is 7.39. The normalized spacial score (nSPS) is 12.0. The minimum absolute atomic E-state index is 0.632. The molecule has 0 aliphatic heterocycles. The Morgan fingerprint density at radius 2 is 0.704 bits per heavy atom. The van der Waals surface area contributed by atoms with Gasteiger partial charge >= 0.3 is 7.18 Å². The minimum atomic E-state index is -2.94. The van der Waals surface area contributed by atoms with Gasteiger partial charge in [-0.25, -0.2) is 0 Å². The second kappa shape index (κ2) is 21.4. The van der Waals surface area contributed by atoms with Gasteiger partial charge in [0.05, 0.1) is 0 Å². The maximum absolute atomic E-state index is 6.22. The monoisotopic (exact) mass is 440 g/mol. The van der Waals surface area contributed by atoms with Gasteiger partial charge in [-0.1, -0.05) is 139 Å². The van der Waals surface area contributed by atoms with Crippen molar-refractivity contribution in [3.8, 4) is 0 Å². The fraction of sp³-hybridized carbons (Fsp3) is 1.00. The SMILES string of the molecule is CCCCCCCCCCCO[Si](Cl)(Cl)OCCCCCCCCCCC. The standard InChI is InChI=1S/C22H46Cl2O2Si/c1-3-5-7-9-11-13-15-17-19-21-25-27(23,24)26-22-20-18-16-14-12-10-8-6-4-2/h3-22H2,1-2H3. The van der Waals surface area contributed by atoms with E-state index in [4.69, 9.17) is 31.0 Å². The molecule has 0 N–H and O–H groups in total. The summed E-state index contributed by atoms with van der Waals surface area (Å²) in [5.74, 6) is 0. The van der Waals surface area contributed by atoms with Gasteiger partial charge in [0, 0.05) is 13.2 Å². The highest BCUT2D eigenvalue weighted by Crippen LogP contribution is 2.20. The molecule has 0 aromatic heterocycles. The summed E-state index contributed by atoms with van der Waals surface area (Å²) in [5, 5.41) is 0. The zero-order chi connectivity index (χ0) is 20.1. The minimum Gasteiger partial charge on any atom is -0.372 e. The lowest BCUT2D eigenvalue weighted by Gasteiger charge is -2.17. The van der Waals surface area contributed by atoms with E-state index in [2.05, 4.69) is 13.8 Å². The van der Waals surface area contributed by atoms with Crippen molar-refractivity contribution in [2.75, 3.05) is 13.2 Å². The Balaban J connectivity index is 3.31.